The first kappa shape index (κ1) is 9.97. The number of nitrogen functional groups attached to an aromatic ring is 1. The summed E-state index contributed by atoms with van der Waals surface area (Å²) in [6.07, 6.45) is 2.36. The predicted molar refractivity (Wildman–Crippen MR) is 55.2 cm³/mol. The van der Waals surface area contributed by atoms with Crippen LogP contribution in [0.1, 0.15) is 13.3 Å². The summed E-state index contributed by atoms with van der Waals surface area (Å²) in [6, 6.07) is 0. The average Bonchev–Trinajstić information content (AvgIpc) is 2.77. The molecule has 2 atom stereocenters. The largest absolute Gasteiger partial charge is 0.394 e. The van der Waals surface area contributed by atoms with Crippen LogP contribution in [0.3, 0.4) is 0 Å². The third-order valence-corrected chi connectivity index (χ3v) is 2.49. The first-order chi connectivity index (χ1) is 7.16. The Hall–Kier alpha value is -1.56. The second-order valence-electron chi connectivity index (χ2n) is 3.77. The lowest BCUT2D eigenvalue weighted by molar-refractivity contribution is -0.119. The van der Waals surface area contributed by atoms with Crippen LogP contribution in [0.25, 0.3) is 0 Å². The molecule has 2 heterocycles. The third-order valence-electron chi connectivity index (χ3n) is 2.49. The van der Waals surface area contributed by atoms with Crippen LogP contribution in [0.15, 0.2) is 6.20 Å². The van der Waals surface area contributed by atoms with Gasteiger partial charge in [0, 0.05) is 0 Å². The number of amides is 1. The maximum atomic E-state index is 11.7. The zero-order valence-corrected chi connectivity index (χ0v) is 8.49. The summed E-state index contributed by atoms with van der Waals surface area (Å²) in [4.78, 5) is 11.7. The molecule has 1 aromatic heterocycles. The number of H-pyrrole nitrogens is 1. The number of aromatic nitrogens is 2. The molecule has 0 aromatic carbocycles. The number of aromatic amines is 1. The molecule has 2 rings (SSSR count). The van der Waals surface area contributed by atoms with E-state index in [4.69, 9.17) is 10.5 Å². The number of nitrogens with one attached hydrogen (secondary N) is 2. The summed E-state index contributed by atoms with van der Waals surface area (Å²) in [7, 11) is 0. The van der Waals surface area contributed by atoms with E-state index in [0.717, 1.165) is 6.42 Å². The van der Waals surface area contributed by atoms with Crippen molar-refractivity contribution >= 4 is 17.4 Å². The van der Waals surface area contributed by atoms with Crippen LogP contribution in [0.5, 0.6) is 0 Å². The summed E-state index contributed by atoms with van der Waals surface area (Å²) in [6.45, 7) is 2.43. The summed E-state index contributed by atoms with van der Waals surface area (Å²) in [5.41, 5.74) is 6.02. The molecule has 1 aromatic rings. The molecule has 6 nitrogen and oxygen atoms in total. The Bertz CT molecular complexity index is 363. The standard InChI is InChI=1S/C9H14N4O2/c1-5-2-6(4-15-5)9(14)12-8-7(10)3-11-13-8/h3,5-6H,2,4,10H2,1H3,(H2,11,12,13,14). The maximum absolute atomic E-state index is 11.7. The zero-order valence-electron chi connectivity index (χ0n) is 8.49. The Morgan fingerprint density at radius 1 is 1.80 bits per heavy atom. The molecule has 6 heteroatoms. The fraction of sp³-hybridized carbons (Fsp3) is 0.556. The van der Waals surface area contributed by atoms with E-state index in [2.05, 4.69) is 15.5 Å². The molecular weight excluding hydrogens is 196 g/mol. The smallest absolute Gasteiger partial charge is 0.231 e. The van der Waals surface area contributed by atoms with Crippen molar-refractivity contribution in [2.75, 3.05) is 17.7 Å². The highest BCUT2D eigenvalue weighted by molar-refractivity contribution is 5.94. The molecule has 0 radical (unpaired) electrons. The van der Waals surface area contributed by atoms with Gasteiger partial charge < -0.3 is 15.8 Å². The summed E-state index contributed by atoms with van der Waals surface area (Å²) >= 11 is 0. The predicted octanol–water partition coefficient (Wildman–Crippen LogP) is 0.355. The van der Waals surface area contributed by atoms with Gasteiger partial charge in [-0.25, -0.2) is 0 Å². The van der Waals surface area contributed by atoms with Gasteiger partial charge in [-0.2, -0.15) is 5.10 Å². The monoisotopic (exact) mass is 210 g/mol. The fourth-order valence-electron chi connectivity index (χ4n) is 1.62. The number of anilines is 2. The SMILES string of the molecule is CC1CC(C(=O)Nc2[nH]ncc2N)CO1. The highest BCUT2D eigenvalue weighted by Crippen LogP contribution is 2.21. The van der Waals surface area contributed by atoms with Crippen LogP contribution in [0.2, 0.25) is 0 Å². The quantitative estimate of drug-likeness (QED) is 0.656. The van der Waals surface area contributed by atoms with E-state index in [9.17, 15) is 4.79 Å². The molecule has 82 valence electrons. The van der Waals surface area contributed by atoms with E-state index in [1.807, 2.05) is 6.92 Å². The highest BCUT2D eigenvalue weighted by atomic mass is 16.5. The molecular formula is C9H14N4O2. The van der Waals surface area contributed by atoms with E-state index >= 15 is 0 Å². The van der Waals surface area contributed by atoms with Gasteiger partial charge in [0.25, 0.3) is 0 Å². The van der Waals surface area contributed by atoms with Gasteiger partial charge in [-0.3, -0.25) is 9.89 Å². The zero-order chi connectivity index (χ0) is 10.8. The molecule has 2 unspecified atom stereocenters. The van der Waals surface area contributed by atoms with Gasteiger partial charge in [-0.1, -0.05) is 0 Å². The summed E-state index contributed by atoms with van der Waals surface area (Å²) < 4.78 is 5.32. The molecule has 1 aliphatic heterocycles. The number of nitrogens with two attached hydrogens (primary N) is 1. The topological polar surface area (TPSA) is 93.0 Å². The van der Waals surface area contributed by atoms with Gasteiger partial charge in [0.1, 0.15) is 0 Å². The van der Waals surface area contributed by atoms with Gasteiger partial charge in [-0.15, -0.1) is 0 Å². The molecule has 0 aliphatic carbocycles. The number of carbonyl (C=O) groups is 1. The molecule has 1 amide bonds. The lowest BCUT2D eigenvalue weighted by Gasteiger charge is -2.07. The first-order valence-electron chi connectivity index (χ1n) is 4.88. The lowest BCUT2D eigenvalue weighted by atomic mass is 10.1. The van der Waals surface area contributed by atoms with Gasteiger partial charge >= 0.3 is 0 Å². The van der Waals surface area contributed by atoms with Crippen molar-refractivity contribution in [3.8, 4) is 0 Å². The maximum Gasteiger partial charge on any atom is 0.231 e. The van der Waals surface area contributed by atoms with Crippen molar-refractivity contribution in [1.29, 1.82) is 0 Å². The molecule has 0 bridgehead atoms. The van der Waals surface area contributed by atoms with E-state index in [-0.39, 0.29) is 17.9 Å². The van der Waals surface area contributed by atoms with Crippen LogP contribution in [0.4, 0.5) is 11.5 Å². The molecule has 1 aliphatic rings. The number of hydrogen-bond acceptors (Lipinski definition) is 4. The van der Waals surface area contributed by atoms with Gasteiger partial charge in [0.05, 0.1) is 30.5 Å². The van der Waals surface area contributed by atoms with Crippen molar-refractivity contribution in [3.05, 3.63) is 6.20 Å². The van der Waals surface area contributed by atoms with Crippen molar-refractivity contribution in [2.45, 2.75) is 19.4 Å². The van der Waals surface area contributed by atoms with Crippen LogP contribution in [-0.2, 0) is 9.53 Å². The molecule has 1 fully saturated rings. The number of nitrogens with zero attached hydrogens (tertiary/aromatic N) is 1. The second-order valence-corrected chi connectivity index (χ2v) is 3.77. The minimum atomic E-state index is -0.0947. The third kappa shape index (κ3) is 2.10. The number of rotatable bonds is 2. The molecule has 0 spiro atoms. The Kier molecular flexibility index (Phi) is 2.59. The van der Waals surface area contributed by atoms with Crippen LogP contribution < -0.4 is 11.1 Å². The fourth-order valence-corrected chi connectivity index (χ4v) is 1.62. The molecule has 15 heavy (non-hydrogen) atoms. The van der Waals surface area contributed by atoms with Crippen molar-refractivity contribution in [1.82, 2.24) is 10.2 Å². The van der Waals surface area contributed by atoms with Crippen LogP contribution >= 0.6 is 0 Å². The van der Waals surface area contributed by atoms with Gasteiger partial charge in [0.15, 0.2) is 5.82 Å². The van der Waals surface area contributed by atoms with Crippen LogP contribution in [0, 0.1) is 5.92 Å². The Morgan fingerprint density at radius 2 is 2.60 bits per heavy atom. The average molecular weight is 210 g/mol. The Balaban J connectivity index is 1.95. The van der Waals surface area contributed by atoms with Crippen molar-refractivity contribution in [3.63, 3.8) is 0 Å². The van der Waals surface area contributed by atoms with E-state index in [0.29, 0.717) is 18.1 Å². The normalized spacial score (nSPS) is 25.4. The van der Waals surface area contributed by atoms with Crippen molar-refractivity contribution in [2.24, 2.45) is 5.92 Å². The highest BCUT2D eigenvalue weighted by Gasteiger charge is 2.28. The number of carbonyl (C=O) groups excluding carboxylic acids is 1. The van der Waals surface area contributed by atoms with E-state index in [1.54, 1.807) is 0 Å². The van der Waals surface area contributed by atoms with Gasteiger partial charge in [0.2, 0.25) is 5.91 Å². The number of ether oxygens (including phenoxy) is 1. The summed E-state index contributed by atoms with van der Waals surface area (Å²) in [5, 5.41) is 9.03. The molecule has 4 N–H and O–H groups in total. The van der Waals surface area contributed by atoms with Crippen molar-refractivity contribution < 1.29 is 9.53 Å². The summed E-state index contributed by atoms with van der Waals surface area (Å²) in [5.74, 6) is 0.289. The second kappa shape index (κ2) is 3.90. The Morgan fingerprint density at radius 3 is 3.13 bits per heavy atom. The Labute approximate surface area is 87.2 Å². The van der Waals surface area contributed by atoms with Gasteiger partial charge in [-0.05, 0) is 13.3 Å². The molecule has 0 saturated carbocycles. The minimum absolute atomic E-state index is 0.0738. The molecule has 1 saturated heterocycles. The van der Waals surface area contributed by atoms with E-state index < -0.39 is 0 Å². The number of hydrogen-bond donors (Lipinski definition) is 3. The van der Waals surface area contributed by atoms with Crippen LogP contribution in [-0.4, -0.2) is 28.8 Å². The van der Waals surface area contributed by atoms with E-state index in [1.165, 1.54) is 6.20 Å². The minimum Gasteiger partial charge on any atom is -0.394 e. The first-order valence-corrected chi connectivity index (χ1v) is 4.88. The lowest BCUT2D eigenvalue weighted by Crippen LogP contribution is -2.23.